The van der Waals surface area contributed by atoms with Crippen LogP contribution in [0.1, 0.15) is 0 Å². The number of methoxy groups -OCH3 is 1. The first kappa shape index (κ1) is 9.58. The molecule has 2 rings (SSSR count). The molecule has 1 N–H and O–H groups in total. The number of halogens is 1. The lowest BCUT2D eigenvalue weighted by Gasteiger charge is -2.07. The Kier molecular flexibility index (Phi) is 2.33. The second-order valence-corrected chi connectivity index (χ2v) is 2.98. The summed E-state index contributed by atoms with van der Waals surface area (Å²) in [7, 11) is 1.43. The third-order valence-corrected chi connectivity index (χ3v) is 2.06. The Morgan fingerprint density at radius 2 is 2.20 bits per heavy atom. The maximum absolute atomic E-state index is 13.0. The van der Waals surface area contributed by atoms with Crippen molar-refractivity contribution in [1.82, 2.24) is 0 Å². The molecule has 0 saturated carbocycles. The first-order valence-corrected chi connectivity index (χ1v) is 4.32. The zero-order valence-corrected chi connectivity index (χ0v) is 8.03. The van der Waals surface area contributed by atoms with E-state index in [-0.39, 0.29) is 0 Å². The Balaban J connectivity index is 2.60. The van der Waals surface area contributed by atoms with Gasteiger partial charge in [0, 0.05) is 6.07 Å². The lowest BCUT2D eigenvalue weighted by atomic mass is 10.1. The van der Waals surface area contributed by atoms with Gasteiger partial charge in [0.25, 0.3) is 0 Å². The van der Waals surface area contributed by atoms with E-state index < -0.39 is 11.6 Å². The Hall–Kier alpha value is -1.97. The highest BCUT2D eigenvalue weighted by molar-refractivity contribution is 5.67. The van der Waals surface area contributed by atoms with Crippen LogP contribution in [0.15, 0.2) is 34.9 Å². The number of hydrogen-bond acceptors (Lipinski definition) is 3. The van der Waals surface area contributed by atoms with E-state index >= 15 is 0 Å². The Morgan fingerprint density at radius 1 is 1.40 bits per heavy atom. The number of rotatable bonds is 2. The van der Waals surface area contributed by atoms with Crippen molar-refractivity contribution in [2.45, 2.75) is 0 Å². The van der Waals surface area contributed by atoms with Crippen LogP contribution >= 0.6 is 0 Å². The summed E-state index contributed by atoms with van der Waals surface area (Å²) in [5.41, 5.74) is 0.515. The molecule has 0 aliphatic rings. The zero-order valence-electron chi connectivity index (χ0n) is 8.03. The van der Waals surface area contributed by atoms with E-state index in [9.17, 15) is 9.50 Å². The molecule has 0 aliphatic heterocycles. The van der Waals surface area contributed by atoms with Gasteiger partial charge in [-0.25, -0.2) is 4.39 Å². The van der Waals surface area contributed by atoms with Crippen molar-refractivity contribution in [2.75, 3.05) is 7.11 Å². The van der Waals surface area contributed by atoms with Gasteiger partial charge < -0.3 is 14.3 Å². The van der Waals surface area contributed by atoms with E-state index in [1.807, 2.05) is 0 Å². The van der Waals surface area contributed by atoms with Crippen LogP contribution in [-0.4, -0.2) is 12.2 Å². The molecule has 4 heteroatoms. The van der Waals surface area contributed by atoms with Gasteiger partial charge in [-0.15, -0.1) is 0 Å². The normalized spacial score (nSPS) is 10.3. The second kappa shape index (κ2) is 3.65. The Morgan fingerprint density at radius 3 is 2.80 bits per heavy atom. The van der Waals surface area contributed by atoms with Gasteiger partial charge in [-0.05, 0) is 18.2 Å². The highest BCUT2D eigenvalue weighted by Crippen LogP contribution is 2.34. The molecule has 0 radical (unpaired) electrons. The van der Waals surface area contributed by atoms with Crippen LogP contribution in [0, 0.1) is 5.82 Å². The summed E-state index contributed by atoms with van der Waals surface area (Å²) in [6.45, 7) is 0. The van der Waals surface area contributed by atoms with Gasteiger partial charge in [0.15, 0.2) is 11.6 Å². The molecule has 0 aliphatic carbocycles. The third kappa shape index (κ3) is 1.66. The van der Waals surface area contributed by atoms with Gasteiger partial charge in [-0.3, -0.25) is 0 Å². The highest BCUT2D eigenvalue weighted by Gasteiger charge is 2.13. The number of phenols is 1. The third-order valence-electron chi connectivity index (χ3n) is 2.06. The van der Waals surface area contributed by atoms with Crippen molar-refractivity contribution >= 4 is 0 Å². The minimum absolute atomic E-state index is 0.320. The van der Waals surface area contributed by atoms with Crippen molar-refractivity contribution in [2.24, 2.45) is 0 Å². The maximum Gasteiger partial charge on any atom is 0.168 e. The molecular formula is C11H9FO3. The molecule has 0 amide bonds. The van der Waals surface area contributed by atoms with Crippen molar-refractivity contribution in [1.29, 1.82) is 0 Å². The van der Waals surface area contributed by atoms with Crippen LogP contribution in [0.2, 0.25) is 0 Å². The molecule has 0 fully saturated rings. The lowest BCUT2D eigenvalue weighted by molar-refractivity contribution is 0.399. The fraction of sp³-hybridized carbons (Fsp3) is 0.0909. The summed E-state index contributed by atoms with van der Waals surface area (Å²) in [4.78, 5) is 0. The molecule has 3 nitrogen and oxygen atoms in total. The van der Waals surface area contributed by atoms with Gasteiger partial charge in [0.05, 0.1) is 18.9 Å². The fourth-order valence-electron chi connectivity index (χ4n) is 1.34. The first-order chi connectivity index (χ1) is 7.22. The Labute approximate surface area is 85.7 Å². The number of phenolic OH excluding ortho intramolecular Hbond substituents is 1. The summed E-state index contributed by atoms with van der Waals surface area (Å²) in [5, 5.41) is 9.25. The molecule has 15 heavy (non-hydrogen) atoms. The van der Waals surface area contributed by atoms with Crippen LogP contribution in [0.25, 0.3) is 11.3 Å². The van der Waals surface area contributed by atoms with Gasteiger partial charge in [0.1, 0.15) is 11.5 Å². The zero-order chi connectivity index (χ0) is 10.8. The molecular weight excluding hydrogens is 199 g/mol. The number of hydrogen-bond donors (Lipinski definition) is 1. The molecule has 0 atom stereocenters. The minimum atomic E-state index is -0.720. The van der Waals surface area contributed by atoms with Crippen molar-refractivity contribution in [3.8, 4) is 22.8 Å². The fourth-order valence-corrected chi connectivity index (χ4v) is 1.34. The average molecular weight is 208 g/mol. The quantitative estimate of drug-likeness (QED) is 0.825. The van der Waals surface area contributed by atoms with Gasteiger partial charge >= 0.3 is 0 Å². The highest BCUT2D eigenvalue weighted by atomic mass is 19.1. The molecule has 78 valence electrons. The van der Waals surface area contributed by atoms with Gasteiger partial charge in [0.2, 0.25) is 0 Å². The Bertz CT molecular complexity index is 463. The molecule has 0 bridgehead atoms. The maximum atomic E-state index is 13.0. The summed E-state index contributed by atoms with van der Waals surface area (Å²) in [6, 6.07) is 5.80. The van der Waals surface area contributed by atoms with Crippen molar-refractivity contribution in [3.05, 3.63) is 36.3 Å². The van der Waals surface area contributed by atoms with E-state index in [4.69, 9.17) is 9.15 Å². The standard InChI is InChI=1S/C11H9FO3/c1-14-11-6-8(12)9(13)5-7(11)10-3-2-4-15-10/h2-6,13H,1H3. The first-order valence-electron chi connectivity index (χ1n) is 4.32. The smallest absolute Gasteiger partial charge is 0.168 e. The van der Waals surface area contributed by atoms with Crippen LogP contribution in [0.3, 0.4) is 0 Å². The number of aromatic hydroxyl groups is 1. The SMILES string of the molecule is COc1cc(F)c(O)cc1-c1ccco1. The van der Waals surface area contributed by atoms with E-state index in [0.29, 0.717) is 17.1 Å². The average Bonchev–Trinajstić information content (AvgIpc) is 2.74. The predicted molar refractivity (Wildman–Crippen MR) is 52.3 cm³/mol. The van der Waals surface area contributed by atoms with Gasteiger partial charge in [-0.2, -0.15) is 0 Å². The molecule has 1 aromatic heterocycles. The predicted octanol–water partition coefficient (Wildman–Crippen LogP) is 2.80. The van der Waals surface area contributed by atoms with Crippen LogP contribution in [0.4, 0.5) is 4.39 Å². The summed E-state index contributed by atoms with van der Waals surface area (Å²) < 4.78 is 23.2. The van der Waals surface area contributed by atoms with E-state index in [1.54, 1.807) is 12.1 Å². The molecule has 2 aromatic rings. The van der Waals surface area contributed by atoms with E-state index in [0.717, 1.165) is 6.07 Å². The molecule has 1 heterocycles. The molecule has 0 saturated heterocycles. The topological polar surface area (TPSA) is 42.6 Å². The number of ether oxygens (including phenoxy) is 1. The summed E-state index contributed by atoms with van der Waals surface area (Å²) in [5.74, 6) is -0.313. The monoisotopic (exact) mass is 208 g/mol. The summed E-state index contributed by atoms with van der Waals surface area (Å²) in [6.07, 6.45) is 1.50. The largest absolute Gasteiger partial charge is 0.505 e. The van der Waals surface area contributed by atoms with E-state index in [2.05, 4.69) is 0 Å². The van der Waals surface area contributed by atoms with Crippen LogP contribution in [-0.2, 0) is 0 Å². The number of furan rings is 1. The van der Waals surface area contributed by atoms with Gasteiger partial charge in [-0.1, -0.05) is 0 Å². The molecule has 0 unspecified atom stereocenters. The minimum Gasteiger partial charge on any atom is -0.505 e. The van der Waals surface area contributed by atoms with Crippen LogP contribution < -0.4 is 4.74 Å². The summed E-state index contributed by atoms with van der Waals surface area (Å²) >= 11 is 0. The van der Waals surface area contributed by atoms with Crippen molar-refractivity contribution < 1.29 is 18.7 Å². The van der Waals surface area contributed by atoms with E-state index in [1.165, 1.54) is 19.4 Å². The van der Waals surface area contributed by atoms with Crippen LogP contribution in [0.5, 0.6) is 11.5 Å². The lowest BCUT2D eigenvalue weighted by Crippen LogP contribution is -1.89. The molecule has 1 aromatic carbocycles. The van der Waals surface area contributed by atoms with Crippen molar-refractivity contribution in [3.63, 3.8) is 0 Å². The number of benzene rings is 1. The second-order valence-electron chi connectivity index (χ2n) is 2.98. The molecule has 0 spiro atoms.